The number of benzene rings is 1. The van der Waals surface area contributed by atoms with E-state index in [9.17, 15) is 0 Å². The van der Waals surface area contributed by atoms with Crippen molar-refractivity contribution in [2.75, 3.05) is 6.54 Å². The molecule has 0 fully saturated rings. The van der Waals surface area contributed by atoms with Crippen molar-refractivity contribution in [1.82, 2.24) is 5.32 Å². The summed E-state index contributed by atoms with van der Waals surface area (Å²) < 4.78 is 2.32. The summed E-state index contributed by atoms with van der Waals surface area (Å²) in [6, 6.07) is 11.0. The van der Waals surface area contributed by atoms with Crippen LogP contribution in [0.4, 0.5) is 0 Å². The monoisotopic (exact) mass is 401 g/mol. The average molecular weight is 403 g/mol. The Bertz CT molecular complexity index is 534. The van der Waals surface area contributed by atoms with Gasteiger partial charge in [0, 0.05) is 18.7 Å². The van der Waals surface area contributed by atoms with E-state index in [0.717, 1.165) is 17.4 Å². The summed E-state index contributed by atoms with van der Waals surface area (Å²) in [6.07, 6.45) is 1.13. The summed E-state index contributed by atoms with van der Waals surface area (Å²) in [5.41, 5.74) is 1.30. The molecule has 0 aliphatic carbocycles. The van der Waals surface area contributed by atoms with E-state index >= 15 is 0 Å². The van der Waals surface area contributed by atoms with Crippen LogP contribution < -0.4 is 5.32 Å². The third kappa shape index (κ3) is 3.91. The molecule has 0 aliphatic heterocycles. The number of nitrogens with one attached hydrogen (secondary N) is 1. The lowest BCUT2D eigenvalue weighted by Gasteiger charge is -2.18. The zero-order chi connectivity index (χ0) is 13.8. The number of rotatable bonds is 5. The predicted octanol–water partition coefficient (Wildman–Crippen LogP) is 5.67. The molecule has 0 saturated heterocycles. The normalized spacial score (nSPS) is 12.6. The second kappa shape index (κ2) is 7.02. The highest BCUT2D eigenvalue weighted by Gasteiger charge is 2.18. The largest absolute Gasteiger partial charge is 0.306 e. The maximum absolute atomic E-state index is 3.68. The third-order valence-electron chi connectivity index (χ3n) is 2.90. The minimum atomic E-state index is 0.265. The molecule has 102 valence electrons. The van der Waals surface area contributed by atoms with E-state index in [4.69, 9.17) is 0 Å². The number of hydrogen-bond acceptors (Lipinski definition) is 2. The molecule has 4 heteroatoms. The van der Waals surface area contributed by atoms with E-state index in [1.54, 1.807) is 0 Å². The van der Waals surface area contributed by atoms with Crippen molar-refractivity contribution in [3.63, 3.8) is 0 Å². The van der Waals surface area contributed by atoms with Gasteiger partial charge in [0.1, 0.15) is 0 Å². The van der Waals surface area contributed by atoms with Crippen molar-refractivity contribution in [2.45, 2.75) is 26.3 Å². The molecule has 0 spiro atoms. The summed E-state index contributed by atoms with van der Waals surface area (Å²) in [7, 11) is 0. The van der Waals surface area contributed by atoms with Crippen LogP contribution in [-0.2, 0) is 0 Å². The first-order valence-electron chi connectivity index (χ1n) is 6.36. The van der Waals surface area contributed by atoms with Crippen LogP contribution in [0.3, 0.4) is 0 Å². The number of thiophene rings is 1. The van der Waals surface area contributed by atoms with Gasteiger partial charge in [-0.15, -0.1) is 11.3 Å². The Hall–Kier alpha value is -0.160. The zero-order valence-corrected chi connectivity index (χ0v) is 15.0. The Morgan fingerprint density at radius 2 is 1.89 bits per heavy atom. The summed E-state index contributed by atoms with van der Waals surface area (Å²) in [5.74, 6) is 0. The number of aryl methyl sites for hydroxylation is 1. The fourth-order valence-electron chi connectivity index (χ4n) is 2.00. The lowest BCUT2D eigenvalue weighted by Crippen LogP contribution is -2.22. The van der Waals surface area contributed by atoms with Crippen LogP contribution >= 0.6 is 43.2 Å². The number of halogens is 2. The Morgan fingerprint density at radius 1 is 1.21 bits per heavy atom. The summed E-state index contributed by atoms with van der Waals surface area (Å²) >= 11 is 9.03. The van der Waals surface area contributed by atoms with Crippen LogP contribution in [-0.4, -0.2) is 6.54 Å². The highest BCUT2D eigenvalue weighted by molar-refractivity contribution is 9.10. The predicted molar refractivity (Wildman–Crippen MR) is 91.0 cm³/mol. The molecule has 0 saturated carbocycles. The molecule has 1 nitrogen and oxygen atoms in total. The molecule has 0 amide bonds. The minimum Gasteiger partial charge on any atom is -0.306 e. The van der Waals surface area contributed by atoms with Crippen LogP contribution in [0.2, 0.25) is 0 Å². The quantitative estimate of drug-likeness (QED) is 0.679. The van der Waals surface area contributed by atoms with Crippen LogP contribution in [0.15, 0.2) is 39.3 Å². The molecular formula is C15H17Br2NS. The van der Waals surface area contributed by atoms with Crippen LogP contribution in [0.5, 0.6) is 0 Å². The van der Waals surface area contributed by atoms with Gasteiger partial charge in [-0.25, -0.2) is 0 Å². The molecule has 1 aromatic heterocycles. The Morgan fingerprint density at radius 3 is 2.42 bits per heavy atom. The molecular weight excluding hydrogens is 386 g/mol. The van der Waals surface area contributed by atoms with Crippen molar-refractivity contribution in [1.29, 1.82) is 0 Å². The van der Waals surface area contributed by atoms with Crippen LogP contribution in [0, 0.1) is 6.92 Å². The van der Waals surface area contributed by atoms with Crippen molar-refractivity contribution < 1.29 is 0 Å². The zero-order valence-electron chi connectivity index (χ0n) is 11.0. The fraction of sp³-hybridized carbons (Fsp3) is 0.333. The SMILES string of the molecule is CCCNC(c1ccc(Br)cc1)c1sc(C)cc1Br. The van der Waals surface area contributed by atoms with Gasteiger partial charge in [0.25, 0.3) is 0 Å². The topological polar surface area (TPSA) is 12.0 Å². The average Bonchev–Trinajstić information content (AvgIpc) is 2.71. The molecule has 1 N–H and O–H groups in total. The van der Waals surface area contributed by atoms with E-state index < -0.39 is 0 Å². The van der Waals surface area contributed by atoms with Gasteiger partial charge in [-0.1, -0.05) is 35.0 Å². The van der Waals surface area contributed by atoms with E-state index in [1.165, 1.54) is 19.8 Å². The van der Waals surface area contributed by atoms with Gasteiger partial charge >= 0.3 is 0 Å². The fourth-order valence-corrected chi connectivity index (χ4v) is 4.25. The molecule has 19 heavy (non-hydrogen) atoms. The minimum absolute atomic E-state index is 0.265. The van der Waals surface area contributed by atoms with Gasteiger partial charge in [-0.05, 0) is 59.6 Å². The van der Waals surface area contributed by atoms with Crippen molar-refractivity contribution in [2.24, 2.45) is 0 Å². The van der Waals surface area contributed by atoms with Gasteiger partial charge in [0.2, 0.25) is 0 Å². The first-order valence-corrected chi connectivity index (χ1v) is 8.76. The first-order chi connectivity index (χ1) is 9.11. The van der Waals surface area contributed by atoms with E-state index in [0.29, 0.717) is 0 Å². The highest BCUT2D eigenvalue weighted by atomic mass is 79.9. The van der Waals surface area contributed by atoms with Crippen LogP contribution in [0.1, 0.15) is 34.7 Å². The Labute approximate surface area is 135 Å². The molecule has 1 heterocycles. The second-order valence-electron chi connectivity index (χ2n) is 4.51. The smallest absolute Gasteiger partial charge is 0.0682 e. The highest BCUT2D eigenvalue weighted by Crippen LogP contribution is 2.35. The van der Waals surface area contributed by atoms with E-state index in [-0.39, 0.29) is 6.04 Å². The molecule has 0 radical (unpaired) electrons. The Balaban J connectivity index is 2.35. The summed E-state index contributed by atoms with van der Waals surface area (Å²) in [6.45, 7) is 5.36. The standard InChI is InChI=1S/C15H17Br2NS/c1-3-8-18-14(11-4-6-12(16)7-5-11)15-13(17)9-10(2)19-15/h4-7,9,14,18H,3,8H2,1-2H3. The van der Waals surface area contributed by atoms with Gasteiger partial charge < -0.3 is 5.32 Å². The lowest BCUT2D eigenvalue weighted by atomic mass is 10.1. The Kier molecular flexibility index (Phi) is 5.63. The lowest BCUT2D eigenvalue weighted by molar-refractivity contribution is 0.604. The van der Waals surface area contributed by atoms with Crippen molar-refractivity contribution >= 4 is 43.2 Å². The van der Waals surface area contributed by atoms with E-state index in [1.807, 2.05) is 11.3 Å². The van der Waals surface area contributed by atoms with Gasteiger partial charge in [0.05, 0.1) is 6.04 Å². The van der Waals surface area contributed by atoms with Crippen LogP contribution in [0.25, 0.3) is 0 Å². The van der Waals surface area contributed by atoms with Crippen molar-refractivity contribution in [3.8, 4) is 0 Å². The molecule has 2 aromatic rings. The van der Waals surface area contributed by atoms with Gasteiger partial charge in [-0.2, -0.15) is 0 Å². The second-order valence-corrected chi connectivity index (χ2v) is 7.57. The molecule has 0 aliphatic rings. The maximum Gasteiger partial charge on any atom is 0.0682 e. The van der Waals surface area contributed by atoms with E-state index in [2.05, 4.69) is 81.4 Å². The van der Waals surface area contributed by atoms with Crippen molar-refractivity contribution in [3.05, 3.63) is 54.6 Å². The molecule has 0 bridgehead atoms. The first kappa shape index (κ1) is 15.2. The molecule has 1 unspecified atom stereocenters. The summed E-state index contributed by atoms with van der Waals surface area (Å²) in [4.78, 5) is 2.69. The maximum atomic E-state index is 3.68. The van der Waals surface area contributed by atoms with Gasteiger partial charge in [-0.3, -0.25) is 0 Å². The third-order valence-corrected chi connectivity index (χ3v) is 5.46. The number of hydrogen-bond donors (Lipinski definition) is 1. The molecule has 1 atom stereocenters. The summed E-state index contributed by atoms with van der Waals surface area (Å²) in [5, 5.41) is 3.64. The van der Waals surface area contributed by atoms with Gasteiger partial charge in [0.15, 0.2) is 0 Å². The molecule has 2 rings (SSSR count). The molecule has 1 aromatic carbocycles.